The molecule has 76 valence electrons. The zero-order chi connectivity index (χ0) is 10.3. The van der Waals surface area contributed by atoms with Gasteiger partial charge in [-0.1, -0.05) is 0 Å². The normalized spacial score (nSPS) is 18.5. The average molecular weight is 203 g/mol. The number of hydrogen-bond donors (Lipinski definition) is 1. The molecule has 1 aliphatic rings. The van der Waals surface area contributed by atoms with Crippen LogP contribution in [0.3, 0.4) is 0 Å². The van der Waals surface area contributed by atoms with Crippen molar-refractivity contribution in [3.8, 4) is 0 Å². The van der Waals surface area contributed by atoms with Gasteiger partial charge in [0.2, 0.25) is 0 Å². The van der Waals surface area contributed by atoms with Crippen molar-refractivity contribution < 1.29 is 26.7 Å². The largest absolute Gasteiger partial charge is 0.463 e. The Hall–Kier alpha value is -0.880. The predicted molar refractivity (Wildman–Crippen MR) is 32.2 cm³/mol. The molecule has 1 rings (SSSR count). The molecule has 0 saturated heterocycles. The van der Waals surface area contributed by atoms with Crippen molar-refractivity contribution in [2.75, 3.05) is 0 Å². The fraction of sp³-hybridized carbons (Fsp3) is 0.833. The van der Waals surface area contributed by atoms with Crippen LogP contribution in [0.15, 0.2) is 0 Å². The summed E-state index contributed by atoms with van der Waals surface area (Å²) >= 11 is 0. The number of halogens is 5. The van der Waals surface area contributed by atoms with Crippen molar-refractivity contribution in [2.45, 2.75) is 31.0 Å². The molecule has 0 radical (unpaired) electrons. The van der Waals surface area contributed by atoms with Crippen molar-refractivity contribution in [3.05, 3.63) is 0 Å². The highest BCUT2D eigenvalue weighted by Gasteiger charge is 2.63. The Bertz CT molecular complexity index is 220. The molecule has 1 saturated carbocycles. The minimum absolute atomic E-state index is 0.458. The average Bonchev–Trinajstić information content (AvgIpc) is 2.68. The maximum absolute atomic E-state index is 12.2. The monoisotopic (exact) mass is 203 g/mol. The van der Waals surface area contributed by atoms with E-state index in [4.69, 9.17) is 0 Å². The van der Waals surface area contributed by atoms with Crippen molar-refractivity contribution in [1.82, 2.24) is 5.32 Å². The molecule has 2 nitrogen and oxygen atoms in total. The lowest BCUT2D eigenvalue weighted by Crippen LogP contribution is -2.50. The second-order valence-electron chi connectivity index (χ2n) is 2.82. The fourth-order valence-electron chi connectivity index (χ4n) is 0.632. The minimum atomic E-state index is -5.81. The first kappa shape index (κ1) is 10.2. The van der Waals surface area contributed by atoms with Gasteiger partial charge in [0.1, 0.15) is 0 Å². The van der Waals surface area contributed by atoms with E-state index in [2.05, 4.69) is 0 Å². The zero-order valence-electron chi connectivity index (χ0n) is 6.29. The Balaban J connectivity index is 2.61. The van der Waals surface area contributed by atoms with Crippen molar-refractivity contribution in [2.24, 2.45) is 0 Å². The highest BCUT2D eigenvalue weighted by atomic mass is 19.4. The third-order valence-corrected chi connectivity index (χ3v) is 1.55. The van der Waals surface area contributed by atoms with E-state index in [1.54, 1.807) is 5.32 Å². The predicted octanol–water partition coefficient (Wildman–Crippen LogP) is 1.46. The Kier molecular flexibility index (Phi) is 2.21. The summed E-state index contributed by atoms with van der Waals surface area (Å²) in [7, 11) is 0. The maximum Gasteiger partial charge on any atom is 0.463 e. The van der Waals surface area contributed by atoms with Gasteiger partial charge in [-0.2, -0.15) is 22.0 Å². The molecule has 0 aromatic carbocycles. The van der Waals surface area contributed by atoms with Crippen LogP contribution in [0, 0.1) is 0 Å². The summed E-state index contributed by atoms with van der Waals surface area (Å²) in [6.07, 6.45) is -4.90. The molecule has 1 N–H and O–H groups in total. The number of nitrogens with one attached hydrogen (secondary N) is 1. The van der Waals surface area contributed by atoms with Gasteiger partial charge in [0.05, 0.1) is 0 Å². The molecule has 0 unspecified atom stereocenters. The Morgan fingerprint density at radius 1 is 1.15 bits per heavy atom. The number of rotatable bonds is 2. The number of carbonyl (C=O) groups excluding carboxylic acids is 1. The highest BCUT2D eigenvalue weighted by Crippen LogP contribution is 2.36. The van der Waals surface area contributed by atoms with E-state index >= 15 is 0 Å². The Morgan fingerprint density at radius 2 is 1.62 bits per heavy atom. The molecule has 1 aliphatic carbocycles. The summed E-state index contributed by atoms with van der Waals surface area (Å²) in [4.78, 5) is 10.4. The van der Waals surface area contributed by atoms with E-state index in [1.807, 2.05) is 0 Å². The molecular weight excluding hydrogens is 197 g/mol. The Labute approximate surface area is 70.1 Å². The first-order valence-corrected chi connectivity index (χ1v) is 3.50. The van der Waals surface area contributed by atoms with E-state index in [9.17, 15) is 26.7 Å². The van der Waals surface area contributed by atoms with Crippen LogP contribution in [-0.4, -0.2) is 24.0 Å². The maximum atomic E-state index is 12.2. The summed E-state index contributed by atoms with van der Waals surface area (Å²) in [6, 6.07) is -0.513. The summed E-state index contributed by atoms with van der Waals surface area (Å²) in [5, 5.41) is 1.59. The van der Waals surface area contributed by atoms with Gasteiger partial charge in [-0.25, -0.2) is 0 Å². The van der Waals surface area contributed by atoms with E-state index in [0.717, 1.165) is 0 Å². The molecule has 0 spiro atoms. The Morgan fingerprint density at radius 3 is 1.92 bits per heavy atom. The van der Waals surface area contributed by atoms with Crippen LogP contribution in [0.25, 0.3) is 0 Å². The van der Waals surface area contributed by atoms with Crippen LogP contribution < -0.4 is 5.32 Å². The molecule has 0 bridgehead atoms. The third kappa shape index (κ3) is 2.07. The number of carbonyl (C=O) groups is 1. The van der Waals surface area contributed by atoms with Gasteiger partial charge in [-0.3, -0.25) is 4.79 Å². The van der Waals surface area contributed by atoms with E-state index in [-0.39, 0.29) is 0 Å². The molecule has 0 aliphatic heterocycles. The lowest BCUT2D eigenvalue weighted by Gasteiger charge is -2.18. The van der Waals surface area contributed by atoms with Gasteiger partial charge in [0.15, 0.2) is 0 Å². The first-order valence-electron chi connectivity index (χ1n) is 3.50. The molecule has 1 amide bonds. The molecular formula is C6H6F5NO. The zero-order valence-corrected chi connectivity index (χ0v) is 6.29. The molecule has 7 heteroatoms. The van der Waals surface area contributed by atoms with Crippen LogP contribution >= 0.6 is 0 Å². The van der Waals surface area contributed by atoms with Gasteiger partial charge in [0, 0.05) is 6.04 Å². The van der Waals surface area contributed by atoms with E-state index < -0.39 is 24.0 Å². The summed E-state index contributed by atoms with van der Waals surface area (Å²) in [5.41, 5.74) is 0. The smallest absolute Gasteiger partial charge is 0.348 e. The number of amides is 1. The van der Waals surface area contributed by atoms with E-state index in [0.29, 0.717) is 12.8 Å². The molecule has 0 atom stereocenters. The van der Waals surface area contributed by atoms with Crippen molar-refractivity contribution in [1.29, 1.82) is 0 Å². The topological polar surface area (TPSA) is 29.1 Å². The van der Waals surface area contributed by atoms with Gasteiger partial charge < -0.3 is 5.32 Å². The summed E-state index contributed by atoms with van der Waals surface area (Å²) in [5.74, 6) is -7.54. The van der Waals surface area contributed by atoms with Crippen LogP contribution in [0.4, 0.5) is 22.0 Å². The van der Waals surface area contributed by atoms with E-state index in [1.165, 1.54) is 0 Å². The summed E-state index contributed by atoms with van der Waals surface area (Å²) in [6.45, 7) is 0. The van der Waals surface area contributed by atoms with Crippen LogP contribution in [0.5, 0.6) is 0 Å². The van der Waals surface area contributed by atoms with Crippen molar-refractivity contribution >= 4 is 5.91 Å². The second-order valence-corrected chi connectivity index (χ2v) is 2.82. The minimum Gasteiger partial charge on any atom is -0.348 e. The van der Waals surface area contributed by atoms with Crippen LogP contribution in [0.2, 0.25) is 0 Å². The lowest BCUT2D eigenvalue weighted by molar-refractivity contribution is -0.269. The van der Waals surface area contributed by atoms with Crippen LogP contribution in [0.1, 0.15) is 12.8 Å². The first-order chi connectivity index (χ1) is 5.75. The molecule has 0 aromatic heterocycles. The second kappa shape index (κ2) is 2.81. The third-order valence-electron chi connectivity index (χ3n) is 1.55. The van der Waals surface area contributed by atoms with Gasteiger partial charge in [-0.05, 0) is 12.8 Å². The molecule has 13 heavy (non-hydrogen) atoms. The fourth-order valence-corrected chi connectivity index (χ4v) is 0.632. The van der Waals surface area contributed by atoms with Crippen LogP contribution in [-0.2, 0) is 4.79 Å². The number of hydrogen-bond acceptors (Lipinski definition) is 1. The van der Waals surface area contributed by atoms with Gasteiger partial charge in [0.25, 0.3) is 0 Å². The van der Waals surface area contributed by atoms with Gasteiger partial charge in [-0.15, -0.1) is 0 Å². The lowest BCUT2D eigenvalue weighted by atomic mass is 10.3. The SMILES string of the molecule is O=C(NC1CC1)C(F)(F)C(F)(F)F. The molecule has 0 heterocycles. The highest BCUT2D eigenvalue weighted by molar-refractivity contribution is 5.84. The van der Waals surface area contributed by atoms with Crippen molar-refractivity contribution in [3.63, 3.8) is 0 Å². The van der Waals surface area contributed by atoms with Gasteiger partial charge >= 0.3 is 18.0 Å². The summed E-state index contributed by atoms with van der Waals surface area (Å²) < 4.78 is 59.0. The standard InChI is InChI=1S/C6H6F5NO/c7-5(8,6(9,10)11)4(13)12-3-1-2-3/h3H,1-2H2,(H,12,13). The molecule has 0 aromatic rings. The number of alkyl halides is 5. The quantitative estimate of drug-likeness (QED) is 0.676. The molecule has 1 fully saturated rings.